The molecule has 160 valence electrons. The van der Waals surface area contributed by atoms with Gasteiger partial charge in [-0.2, -0.15) is 5.10 Å². The first kappa shape index (κ1) is 23.8. The van der Waals surface area contributed by atoms with Crippen LogP contribution in [0.25, 0.3) is 0 Å². The summed E-state index contributed by atoms with van der Waals surface area (Å²) >= 11 is 7.29. The molecule has 0 spiro atoms. The Morgan fingerprint density at radius 3 is 2.37 bits per heavy atom. The summed E-state index contributed by atoms with van der Waals surface area (Å²) < 4.78 is 5.47. The van der Waals surface area contributed by atoms with Crippen molar-refractivity contribution in [2.24, 2.45) is 5.10 Å². The van der Waals surface area contributed by atoms with E-state index in [1.54, 1.807) is 42.6 Å². The molecule has 0 aliphatic rings. The Kier molecular flexibility index (Phi) is 8.74. The van der Waals surface area contributed by atoms with E-state index in [0.717, 1.165) is 10.5 Å². The van der Waals surface area contributed by atoms with Crippen LogP contribution in [0, 0.1) is 0 Å². The maximum atomic E-state index is 12.2. The first-order valence-electron chi connectivity index (χ1n) is 9.41. The van der Waals surface area contributed by atoms with Gasteiger partial charge in [-0.1, -0.05) is 11.6 Å². The molecule has 6 nitrogen and oxygen atoms in total. The molecule has 0 radical (unpaired) electrons. The third kappa shape index (κ3) is 8.88. The lowest BCUT2D eigenvalue weighted by Gasteiger charge is -2.20. The Bertz CT molecular complexity index is 878. The van der Waals surface area contributed by atoms with E-state index in [1.165, 1.54) is 11.8 Å². The highest BCUT2D eigenvalue weighted by molar-refractivity contribution is 8.00. The van der Waals surface area contributed by atoms with Crippen molar-refractivity contribution in [2.75, 3.05) is 6.61 Å². The highest BCUT2D eigenvalue weighted by Crippen LogP contribution is 2.24. The number of amides is 2. The van der Waals surface area contributed by atoms with Gasteiger partial charge in [0.2, 0.25) is 0 Å². The Balaban J connectivity index is 1.78. The Morgan fingerprint density at radius 1 is 1.13 bits per heavy atom. The summed E-state index contributed by atoms with van der Waals surface area (Å²) in [6.07, 6.45) is 1.55. The number of rotatable bonds is 8. The van der Waals surface area contributed by atoms with Crippen LogP contribution in [0.4, 0.5) is 0 Å². The zero-order chi connectivity index (χ0) is 22.1. The number of thioether (sulfide) groups is 1. The van der Waals surface area contributed by atoms with Gasteiger partial charge in [0, 0.05) is 15.5 Å². The van der Waals surface area contributed by atoms with Gasteiger partial charge in [-0.25, -0.2) is 5.43 Å². The molecule has 0 aliphatic heterocycles. The van der Waals surface area contributed by atoms with Gasteiger partial charge in [0.1, 0.15) is 5.75 Å². The second-order valence-electron chi connectivity index (χ2n) is 7.60. The van der Waals surface area contributed by atoms with E-state index in [0.29, 0.717) is 10.8 Å². The SMILES string of the molecule is C[C@@H](Sc1ccc(Cl)cc1)C(=O)N/N=C\c1ccc(OCC(=O)NC(C)(C)C)cc1. The predicted octanol–water partition coefficient (Wildman–Crippen LogP) is 4.26. The number of benzene rings is 2. The zero-order valence-electron chi connectivity index (χ0n) is 17.4. The number of hydrazone groups is 1. The Labute approximate surface area is 186 Å². The molecule has 0 unspecified atom stereocenters. The van der Waals surface area contributed by atoms with Gasteiger partial charge in [0.15, 0.2) is 6.61 Å². The Hall–Kier alpha value is -2.51. The molecule has 0 fully saturated rings. The highest BCUT2D eigenvalue weighted by atomic mass is 35.5. The van der Waals surface area contributed by atoms with E-state index in [-0.39, 0.29) is 29.2 Å². The van der Waals surface area contributed by atoms with E-state index >= 15 is 0 Å². The van der Waals surface area contributed by atoms with Crippen LogP contribution in [0.2, 0.25) is 5.02 Å². The number of hydrogen-bond acceptors (Lipinski definition) is 5. The van der Waals surface area contributed by atoms with Crippen LogP contribution >= 0.6 is 23.4 Å². The van der Waals surface area contributed by atoms with Gasteiger partial charge >= 0.3 is 0 Å². The maximum absolute atomic E-state index is 12.2. The number of nitrogens with zero attached hydrogens (tertiary/aromatic N) is 1. The molecule has 2 amide bonds. The van der Waals surface area contributed by atoms with Crippen molar-refractivity contribution in [2.45, 2.75) is 43.4 Å². The number of hydrogen-bond donors (Lipinski definition) is 2. The molecule has 2 rings (SSSR count). The molecule has 8 heteroatoms. The Morgan fingerprint density at radius 2 is 1.77 bits per heavy atom. The molecule has 30 heavy (non-hydrogen) atoms. The summed E-state index contributed by atoms with van der Waals surface area (Å²) in [5, 5.41) is 7.18. The number of carbonyl (C=O) groups is 2. The van der Waals surface area contributed by atoms with Crippen LogP contribution in [0.1, 0.15) is 33.3 Å². The monoisotopic (exact) mass is 447 g/mol. The average Bonchev–Trinajstić information content (AvgIpc) is 2.67. The fourth-order valence-corrected chi connectivity index (χ4v) is 3.27. The van der Waals surface area contributed by atoms with Crippen LogP contribution in [0.5, 0.6) is 5.75 Å². The molecule has 2 N–H and O–H groups in total. The average molecular weight is 448 g/mol. The number of nitrogens with one attached hydrogen (secondary N) is 2. The van der Waals surface area contributed by atoms with Gasteiger partial charge < -0.3 is 10.1 Å². The highest BCUT2D eigenvalue weighted by Gasteiger charge is 2.14. The molecule has 0 aliphatic carbocycles. The summed E-state index contributed by atoms with van der Waals surface area (Å²) in [4.78, 5) is 24.9. The molecule has 0 saturated heterocycles. The van der Waals surface area contributed by atoms with Gasteiger partial charge in [-0.3, -0.25) is 9.59 Å². The summed E-state index contributed by atoms with van der Waals surface area (Å²) in [5.74, 6) is 0.200. The number of halogens is 1. The zero-order valence-corrected chi connectivity index (χ0v) is 19.0. The van der Waals surface area contributed by atoms with Crippen LogP contribution < -0.4 is 15.5 Å². The largest absolute Gasteiger partial charge is 0.484 e. The minimum absolute atomic E-state index is 0.0516. The van der Waals surface area contributed by atoms with E-state index in [1.807, 2.05) is 39.8 Å². The van der Waals surface area contributed by atoms with Crippen molar-refractivity contribution in [1.82, 2.24) is 10.7 Å². The molecule has 2 aromatic rings. The quantitative estimate of drug-likeness (QED) is 0.360. The van der Waals surface area contributed by atoms with Crippen LogP contribution in [-0.2, 0) is 9.59 Å². The van der Waals surface area contributed by atoms with Gasteiger partial charge in [0.25, 0.3) is 11.8 Å². The summed E-state index contributed by atoms with van der Waals surface area (Å²) in [6.45, 7) is 7.49. The summed E-state index contributed by atoms with van der Waals surface area (Å²) in [7, 11) is 0. The van der Waals surface area contributed by atoms with Crippen molar-refractivity contribution >= 4 is 41.4 Å². The van der Waals surface area contributed by atoms with Crippen molar-refractivity contribution in [3.63, 3.8) is 0 Å². The van der Waals surface area contributed by atoms with Crippen molar-refractivity contribution in [3.8, 4) is 5.75 Å². The van der Waals surface area contributed by atoms with Crippen LogP contribution in [-0.4, -0.2) is 35.4 Å². The van der Waals surface area contributed by atoms with Crippen molar-refractivity contribution in [3.05, 3.63) is 59.1 Å². The summed E-state index contributed by atoms with van der Waals surface area (Å²) in [5.41, 5.74) is 3.03. The lowest BCUT2D eigenvalue weighted by molar-refractivity contribution is -0.124. The van der Waals surface area contributed by atoms with Gasteiger partial charge in [-0.05, 0) is 81.8 Å². The number of ether oxygens (including phenoxy) is 1. The third-order valence-electron chi connectivity index (χ3n) is 3.65. The van der Waals surface area contributed by atoms with E-state index < -0.39 is 0 Å². The standard InChI is InChI=1S/C22H26ClN3O3S/c1-15(30-19-11-7-17(23)8-12-19)21(28)26-24-13-16-5-9-18(10-6-16)29-14-20(27)25-22(2,3)4/h5-13,15H,14H2,1-4H3,(H,25,27)(H,26,28)/b24-13-/t15-/m1/s1. The molecule has 0 aromatic heterocycles. The molecule has 0 bridgehead atoms. The fourth-order valence-electron chi connectivity index (χ4n) is 2.29. The minimum atomic E-state index is -0.307. The van der Waals surface area contributed by atoms with Gasteiger partial charge in [0.05, 0.1) is 11.5 Å². The van der Waals surface area contributed by atoms with Crippen LogP contribution in [0.15, 0.2) is 58.5 Å². The van der Waals surface area contributed by atoms with Gasteiger partial charge in [-0.15, -0.1) is 11.8 Å². The van der Waals surface area contributed by atoms with E-state index in [4.69, 9.17) is 16.3 Å². The third-order valence-corrected chi connectivity index (χ3v) is 5.01. The normalized spacial score (nSPS) is 12.4. The molecular weight excluding hydrogens is 422 g/mol. The summed E-state index contributed by atoms with van der Waals surface area (Å²) in [6, 6.07) is 14.4. The topological polar surface area (TPSA) is 79.8 Å². The second-order valence-corrected chi connectivity index (χ2v) is 9.45. The lowest BCUT2D eigenvalue weighted by atomic mass is 10.1. The molecule has 0 heterocycles. The predicted molar refractivity (Wildman–Crippen MR) is 122 cm³/mol. The molecule has 0 saturated carbocycles. The van der Waals surface area contributed by atoms with Crippen molar-refractivity contribution in [1.29, 1.82) is 0 Å². The van der Waals surface area contributed by atoms with Crippen molar-refractivity contribution < 1.29 is 14.3 Å². The first-order chi connectivity index (χ1) is 14.1. The first-order valence-corrected chi connectivity index (χ1v) is 10.7. The molecular formula is C22H26ClN3O3S. The molecule has 2 aromatic carbocycles. The van der Waals surface area contributed by atoms with E-state index in [9.17, 15) is 9.59 Å². The smallest absolute Gasteiger partial charge is 0.258 e. The second kappa shape index (κ2) is 11.0. The fraction of sp³-hybridized carbons (Fsp3) is 0.318. The molecule has 1 atom stereocenters. The lowest BCUT2D eigenvalue weighted by Crippen LogP contribution is -2.43. The minimum Gasteiger partial charge on any atom is -0.484 e. The van der Waals surface area contributed by atoms with Crippen LogP contribution in [0.3, 0.4) is 0 Å². The van der Waals surface area contributed by atoms with E-state index in [2.05, 4.69) is 15.8 Å². The maximum Gasteiger partial charge on any atom is 0.258 e. The number of carbonyl (C=O) groups excluding carboxylic acids is 2.